The van der Waals surface area contributed by atoms with Gasteiger partial charge in [0, 0.05) is 6.04 Å². The first-order valence-corrected chi connectivity index (χ1v) is 7.55. The quantitative estimate of drug-likeness (QED) is 0.669. The summed E-state index contributed by atoms with van der Waals surface area (Å²) in [7, 11) is 0. The highest BCUT2D eigenvalue weighted by Gasteiger charge is 2.25. The molecule has 100 valence electrons. The number of likely N-dealkylation sites (N-methyl/N-ethyl adjacent to an activating group) is 1. The van der Waals surface area contributed by atoms with Crippen LogP contribution in [0.4, 0.5) is 0 Å². The van der Waals surface area contributed by atoms with Crippen molar-refractivity contribution in [3.05, 3.63) is 11.6 Å². The predicted molar refractivity (Wildman–Crippen MR) is 77.3 cm³/mol. The van der Waals surface area contributed by atoms with E-state index in [-0.39, 0.29) is 0 Å². The lowest BCUT2D eigenvalue weighted by Crippen LogP contribution is -2.36. The van der Waals surface area contributed by atoms with Crippen molar-refractivity contribution in [1.82, 2.24) is 5.32 Å². The van der Waals surface area contributed by atoms with Gasteiger partial charge in [0.2, 0.25) is 0 Å². The van der Waals surface area contributed by atoms with Crippen LogP contribution in [0, 0.1) is 11.8 Å². The molecule has 1 rings (SSSR count). The van der Waals surface area contributed by atoms with Crippen molar-refractivity contribution in [2.45, 2.75) is 72.3 Å². The maximum absolute atomic E-state index is 3.65. The minimum Gasteiger partial charge on any atom is -0.311 e. The molecule has 1 unspecified atom stereocenters. The lowest BCUT2D eigenvalue weighted by atomic mass is 9.76. The van der Waals surface area contributed by atoms with Gasteiger partial charge < -0.3 is 5.32 Å². The number of allylic oxidation sites excluding steroid dienone is 1. The molecule has 0 saturated heterocycles. The van der Waals surface area contributed by atoms with E-state index in [1.165, 1.54) is 44.1 Å². The molecular formula is C16H31N. The molecule has 1 aliphatic rings. The molecule has 1 atom stereocenters. The molecule has 0 aromatic rings. The summed E-state index contributed by atoms with van der Waals surface area (Å²) in [6.45, 7) is 10.1. The molecule has 17 heavy (non-hydrogen) atoms. The normalized spacial score (nSPS) is 26.6. The third-order valence-electron chi connectivity index (χ3n) is 4.05. The van der Waals surface area contributed by atoms with Crippen molar-refractivity contribution in [1.29, 1.82) is 0 Å². The first kappa shape index (κ1) is 14.8. The summed E-state index contributed by atoms with van der Waals surface area (Å²) < 4.78 is 0. The highest BCUT2D eigenvalue weighted by Crippen LogP contribution is 2.33. The molecule has 1 aliphatic carbocycles. The number of hydrogen-bond donors (Lipinski definition) is 1. The molecular weight excluding hydrogens is 206 g/mol. The Morgan fingerprint density at radius 1 is 1.18 bits per heavy atom. The molecule has 0 aromatic carbocycles. The summed E-state index contributed by atoms with van der Waals surface area (Å²) in [6, 6.07) is 0.618. The van der Waals surface area contributed by atoms with Gasteiger partial charge in [0.15, 0.2) is 0 Å². The Bertz CT molecular complexity index is 220. The molecule has 1 saturated carbocycles. The minimum absolute atomic E-state index is 0.618. The molecule has 1 heteroatoms. The molecule has 0 spiro atoms. The molecule has 0 bridgehead atoms. The number of nitrogens with one attached hydrogen (secondary N) is 1. The van der Waals surface area contributed by atoms with Gasteiger partial charge in [-0.3, -0.25) is 0 Å². The molecule has 1 nitrogen and oxygen atoms in total. The molecule has 1 N–H and O–H groups in total. The van der Waals surface area contributed by atoms with E-state index in [2.05, 4.69) is 39.1 Å². The second-order valence-electron chi connectivity index (χ2n) is 5.90. The van der Waals surface area contributed by atoms with Crippen molar-refractivity contribution in [2.24, 2.45) is 11.8 Å². The first-order valence-electron chi connectivity index (χ1n) is 7.55. The van der Waals surface area contributed by atoms with Crippen molar-refractivity contribution < 1.29 is 0 Å². The van der Waals surface area contributed by atoms with E-state index in [0.717, 1.165) is 18.4 Å². The van der Waals surface area contributed by atoms with Gasteiger partial charge in [-0.05, 0) is 45.1 Å². The van der Waals surface area contributed by atoms with Gasteiger partial charge in [0.1, 0.15) is 0 Å². The maximum Gasteiger partial charge on any atom is 0.0280 e. The van der Waals surface area contributed by atoms with Crippen molar-refractivity contribution in [2.75, 3.05) is 6.54 Å². The Morgan fingerprint density at radius 2 is 1.82 bits per heavy atom. The van der Waals surface area contributed by atoms with Crippen molar-refractivity contribution >= 4 is 0 Å². The van der Waals surface area contributed by atoms with Crippen LogP contribution < -0.4 is 5.32 Å². The van der Waals surface area contributed by atoms with E-state index < -0.39 is 0 Å². The summed E-state index contributed by atoms with van der Waals surface area (Å²) in [6.07, 6.45) is 11.0. The van der Waals surface area contributed by atoms with Crippen molar-refractivity contribution in [3.8, 4) is 0 Å². The van der Waals surface area contributed by atoms with Gasteiger partial charge in [0.25, 0.3) is 0 Å². The molecule has 0 amide bonds. The highest BCUT2D eigenvalue weighted by atomic mass is 14.9. The average Bonchev–Trinajstić information content (AvgIpc) is 2.29. The van der Waals surface area contributed by atoms with E-state index in [0.29, 0.717) is 6.04 Å². The van der Waals surface area contributed by atoms with Crippen LogP contribution in [0.1, 0.15) is 66.2 Å². The van der Waals surface area contributed by atoms with Gasteiger partial charge in [-0.25, -0.2) is 0 Å². The molecule has 0 heterocycles. The standard InChI is InChI=1S/C16H31N/c1-5-7-14-8-10-15(11-9-14)16(17-6-2)12-13(3)4/h12,14-17H,5-11H2,1-4H3. The fraction of sp³-hybridized carbons (Fsp3) is 0.875. The Hall–Kier alpha value is -0.300. The van der Waals surface area contributed by atoms with Crippen LogP contribution in [0.2, 0.25) is 0 Å². The average molecular weight is 237 g/mol. The fourth-order valence-corrected chi connectivity index (χ4v) is 3.20. The smallest absolute Gasteiger partial charge is 0.0280 e. The number of hydrogen-bond acceptors (Lipinski definition) is 1. The maximum atomic E-state index is 3.65. The lowest BCUT2D eigenvalue weighted by Gasteiger charge is -2.33. The second-order valence-corrected chi connectivity index (χ2v) is 5.90. The van der Waals surface area contributed by atoms with E-state index >= 15 is 0 Å². The summed E-state index contributed by atoms with van der Waals surface area (Å²) in [4.78, 5) is 0. The summed E-state index contributed by atoms with van der Waals surface area (Å²) in [5.74, 6) is 1.89. The van der Waals surface area contributed by atoms with Crippen LogP contribution in [0.15, 0.2) is 11.6 Å². The summed E-state index contributed by atoms with van der Waals surface area (Å²) >= 11 is 0. The SMILES string of the molecule is CCCC1CCC(C(C=C(C)C)NCC)CC1. The zero-order valence-corrected chi connectivity index (χ0v) is 12.3. The zero-order valence-electron chi connectivity index (χ0n) is 12.3. The Labute approximate surface area is 108 Å². The summed E-state index contributed by atoms with van der Waals surface area (Å²) in [5, 5.41) is 3.65. The van der Waals surface area contributed by atoms with Gasteiger partial charge in [-0.2, -0.15) is 0 Å². The third kappa shape index (κ3) is 5.25. The fourth-order valence-electron chi connectivity index (χ4n) is 3.20. The van der Waals surface area contributed by atoms with Crippen LogP contribution in [0.25, 0.3) is 0 Å². The first-order chi connectivity index (χ1) is 8.17. The van der Waals surface area contributed by atoms with Gasteiger partial charge in [-0.15, -0.1) is 0 Å². The van der Waals surface area contributed by atoms with Gasteiger partial charge in [-0.1, -0.05) is 51.2 Å². The third-order valence-corrected chi connectivity index (χ3v) is 4.05. The minimum atomic E-state index is 0.618. The van der Waals surface area contributed by atoms with Crippen LogP contribution >= 0.6 is 0 Å². The Kier molecular flexibility index (Phi) is 6.87. The molecule has 0 aliphatic heterocycles. The Morgan fingerprint density at radius 3 is 2.29 bits per heavy atom. The highest BCUT2D eigenvalue weighted by molar-refractivity contribution is 5.03. The zero-order chi connectivity index (χ0) is 12.7. The van der Waals surface area contributed by atoms with Crippen LogP contribution in [-0.2, 0) is 0 Å². The Balaban J connectivity index is 2.46. The lowest BCUT2D eigenvalue weighted by molar-refractivity contribution is 0.233. The van der Waals surface area contributed by atoms with Gasteiger partial charge >= 0.3 is 0 Å². The topological polar surface area (TPSA) is 12.0 Å². The van der Waals surface area contributed by atoms with E-state index in [9.17, 15) is 0 Å². The van der Waals surface area contributed by atoms with Crippen LogP contribution in [0.5, 0.6) is 0 Å². The largest absolute Gasteiger partial charge is 0.311 e. The molecule has 0 radical (unpaired) electrons. The molecule has 1 fully saturated rings. The monoisotopic (exact) mass is 237 g/mol. The number of rotatable bonds is 6. The van der Waals surface area contributed by atoms with E-state index in [1.54, 1.807) is 0 Å². The van der Waals surface area contributed by atoms with Crippen LogP contribution in [-0.4, -0.2) is 12.6 Å². The van der Waals surface area contributed by atoms with Crippen LogP contribution in [0.3, 0.4) is 0 Å². The molecule has 0 aromatic heterocycles. The van der Waals surface area contributed by atoms with Gasteiger partial charge in [0.05, 0.1) is 0 Å². The second kappa shape index (κ2) is 7.92. The summed E-state index contributed by atoms with van der Waals surface area (Å²) in [5.41, 5.74) is 1.45. The predicted octanol–water partition coefficient (Wildman–Crippen LogP) is 4.54. The van der Waals surface area contributed by atoms with E-state index in [1.807, 2.05) is 0 Å². The van der Waals surface area contributed by atoms with E-state index in [4.69, 9.17) is 0 Å². The van der Waals surface area contributed by atoms with Crippen molar-refractivity contribution in [3.63, 3.8) is 0 Å².